The molecule has 0 spiro atoms. The molecular weight excluding hydrogens is 230 g/mol. The molecule has 4 heteroatoms. The van der Waals surface area contributed by atoms with Gasteiger partial charge in [-0.2, -0.15) is 0 Å². The van der Waals surface area contributed by atoms with E-state index in [9.17, 15) is 4.79 Å². The van der Waals surface area contributed by atoms with Gasteiger partial charge in [-0.1, -0.05) is 12.1 Å². The van der Waals surface area contributed by atoms with Gasteiger partial charge in [-0.15, -0.1) is 0 Å². The predicted octanol–water partition coefficient (Wildman–Crippen LogP) is 2.50. The highest BCUT2D eigenvalue weighted by Crippen LogP contribution is 2.27. The molecule has 0 saturated heterocycles. The molecule has 4 nitrogen and oxygen atoms in total. The van der Waals surface area contributed by atoms with Crippen LogP contribution >= 0.6 is 0 Å². The second-order valence-corrected chi connectivity index (χ2v) is 5.31. The summed E-state index contributed by atoms with van der Waals surface area (Å²) in [5.41, 5.74) is 6.90. The van der Waals surface area contributed by atoms with Crippen LogP contribution in [0.3, 0.4) is 0 Å². The number of ether oxygens (including phenoxy) is 1. The van der Waals surface area contributed by atoms with E-state index < -0.39 is 11.4 Å². The molecule has 18 heavy (non-hydrogen) atoms. The molecule has 0 aromatic heterocycles. The van der Waals surface area contributed by atoms with Crippen LogP contribution in [-0.2, 0) is 4.79 Å². The average molecular weight is 251 g/mol. The third-order valence-corrected chi connectivity index (χ3v) is 2.83. The van der Waals surface area contributed by atoms with Crippen LogP contribution < -0.4 is 10.5 Å². The van der Waals surface area contributed by atoms with Crippen molar-refractivity contribution in [2.75, 3.05) is 6.61 Å². The van der Waals surface area contributed by atoms with Crippen molar-refractivity contribution in [2.45, 2.75) is 33.7 Å². The van der Waals surface area contributed by atoms with E-state index in [-0.39, 0.29) is 12.6 Å². The highest BCUT2D eigenvalue weighted by molar-refractivity contribution is 5.73. The van der Waals surface area contributed by atoms with E-state index in [1.54, 1.807) is 13.8 Å². The summed E-state index contributed by atoms with van der Waals surface area (Å²) >= 11 is 0. The maximum Gasteiger partial charge on any atom is 0.312 e. The van der Waals surface area contributed by atoms with E-state index in [1.807, 2.05) is 32.0 Å². The van der Waals surface area contributed by atoms with Gasteiger partial charge >= 0.3 is 5.97 Å². The number of aliphatic carboxylic acids is 1. The predicted molar refractivity (Wildman–Crippen MR) is 70.7 cm³/mol. The van der Waals surface area contributed by atoms with E-state index in [1.165, 1.54) is 0 Å². The monoisotopic (exact) mass is 251 g/mol. The summed E-state index contributed by atoms with van der Waals surface area (Å²) in [6, 6.07) is 5.63. The molecule has 0 heterocycles. The number of hydrogen-bond donors (Lipinski definition) is 2. The van der Waals surface area contributed by atoms with Crippen molar-refractivity contribution in [3.05, 3.63) is 29.3 Å². The molecule has 0 bridgehead atoms. The normalized spacial score (nSPS) is 13.2. The van der Waals surface area contributed by atoms with E-state index in [0.29, 0.717) is 5.75 Å². The first-order chi connectivity index (χ1) is 8.24. The Morgan fingerprint density at radius 3 is 2.61 bits per heavy atom. The van der Waals surface area contributed by atoms with E-state index in [2.05, 4.69) is 0 Å². The minimum atomic E-state index is -0.918. The number of hydrogen-bond acceptors (Lipinski definition) is 3. The molecule has 0 amide bonds. The molecule has 1 rings (SSSR count). The standard InChI is InChI=1S/C14H21NO3/c1-9-5-6-11(10(2)15)12(7-9)18-8-14(3,4)13(16)17/h5-7,10H,8,15H2,1-4H3,(H,16,17). The first kappa shape index (κ1) is 14.5. The zero-order valence-electron chi connectivity index (χ0n) is 11.4. The van der Waals surface area contributed by atoms with Gasteiger partial charge in [0.2, 0.25) is 0 Å². The molecule has 1 atom stereocenters. The van der Waals surface area contributed by atoms with Crippen LogP contribution in [0.2, 0.25) is 0 Å². The smallest absolute Gasteiger partial charge is 0.312 e. The maximum absolute atomic E-state index is 11.0. The molecule has 0 saturated carbocycles. The molecule has 0 aliphatic carbocycles. The van der Waals surface area contributed by atoms with Gasteiger partial charge in [0.15, 0.2) is 0 Å². The van der Waals surface area contributed by atoms with Gasteiger partial charge in [-0.25, -0.2) is 0 Å². The Morgan fingerprint density at radius 2 is 2.11 bits per heavy atom. The molecule has 0 fully saturated rings. The van der Waals surface area contributed by atoms with Crippen LogP contribution in [0.4, 0.5) is 0 Å². The number of benzene rings is 1. The molecule has 0 aliphatic rings. The van der Waals surface area contributed by atoms with Crippen molar-refractivity contribution < 1.29 is 14.6 Å². The van der Waals surface area contributed by atoms with Crippen molar-refractivity contribution in [1.82, 2.24) is 0 Å². The van der Waals surface area contributed by atoms with Crippen LogP contribution in [-0.4, -0.2) is 17.7 Å². The summed E-state index contributed by atoms with van der Waals surface area (Å²) in [6.07, 6.45) is 0. The molecule has 1 aromatic carbocycles. The zero-order chi connectivity index (χ0) is 13.9. The quantitative estimate of drug-likeness (QED) is 0.843. The summed E-state index contributed by atoms with van der Waals surface area (Å²) in [6.45, 7) is 7.22. The minimum Gasteiger partial charge on any atom is -0.492 e. The minimum absolute atomic E-state index is 0.117. The zero-order valence-corrected chi connectivity index (χ0v) is 11.4. The Morgan fingerprint density at radius 1 is 1.50 bits per heavy atom. The lowest BCUT2D eigenvalue weighted by atomic mass is 9.95. The molecule has 1 aromatic rings. The lowest BCUT2D eigenvalue weighted by Gasteiger charge is -2.22. The van der Waals surface area contributed by atoms with Crippen LogP contribution in [0, 0.1) is 12.3 Å². The molecule has 1 unspecified atom stereocenters. The fourth-order valence-electron chi connectivity index (χ4n) is 1.46. The van der Waals surface area contributed by atoms with Gasteiger partial charge in [0.05, 0.1) is 5.41 Å². The van der Waals surface area contributed by atoms with Crippen molar-refractivity contribution in [2.24, 2.45) is 11.1 Å². The Bertz CT molecular complexity index is 439. The fraction of sp³-hybridized carbons (Fsp3) is 0.500. The number of carboxylic acid groups (broad SMARTS) is 1. The van der Waals surface area contributed by atoms with Crippen molar-refractivity contribution >= 4 is 5.97 Å². The van der Waals surface area contributed by atoms with Gasteiger partial charge in [-0.3, -0.25) is 4.79 Å². The first-order valence-corrected chi connectivity index (χ1v) is 5.96. The number of rotatable bonds is 5. The summed E-state index contributed by atoms with van der Waals surface area (Å²) in [5.74, 6) is -0.211. The summed E-state index contributed by atoms with van der Waals surface area (Å²) in [7, 11) is 0. The van der Waals surface area contributed by atoms with E-state index >= 15 is 0 Å². The van der Waals surface area contributed by atoms with Crippen molar-refractivity contribution in [3.8, 4) is 5.75 Å². The maximum atomic E-state index is 11.0. The largest absolute Gasteiger partial charge is 0.492 e. The Kier molecular flexibility index (Phi) is 4.35. The average Bonchev–Trinajstić information content (AvgIpc) is 2.26. The van der Waals surface area contributed by atoms with Gasteiger partial charge in [0.1, 0.15) is 12.4 Å². The first-order valence-electron chi connectivity index (χ1n) is 5.96. The topological polar surface area (TPSA) is 72.5 Å². The summed E-state index contributed by atoms with van der Waals surface area (Å²) in [5, 5.41) is 9.05. The second-order valence-electron chi connectivity index (χ2n) is 5.31. The van der Waals surface area contributed by atoms with Gasteiger partial charge < -0.3 is 15.6 Å². The fourth-order valence-corrected chi connectivity index (χ4v) is 1.46. The third-order valence-electron chi connectivity index (χ3n) is 2.83. The second kappa shape index (κ2) is 5.40. The van der Waals surface area contributed by atoms with Crippen LogP contribution in [0.1, 0.15) is 37.9 Å². The van der Waals surface area contributed by atoms with E-state index in [0.717, 1.165) is 11.1 Å². The molecular formula is C14H21NO3. The Hall–Kier alpha value is -1.55. The summed E-state index contributed by atoms with van der Waals surface area (Å²) in [4.78, 5) is 11.0. The van der Waals surface area contributed by atoms with Crippen molar-refractivity contribution in [3.63, 3.8) is 0 Å². The Labute approximate surface area is 108 Å². The van der Waals surface area contributed by atoms with E-state index in [4.69, 9.17) is 15.6 Å². The molecule has 3 N–H and O–H groups in total. The summed E-state index contributed by atoms with van der Waals surface area (Å²) < 4.78 is 5.64. The van der Waals surface area contributed by atoms with Crippen LogP contribution in [0.5, 0.6) is 5.75 Å². The lowest BCUT2D eigenvalue weighted by molar-refractivity contribution is -0.148. The number of aryl methyl sites for hydroxylation is 1. The SMILES string of the molecule is Cc1ccc(C(C)N)c(OCC(C)(C)C(=O)O)c1. The molecule has 0 radical (unpaired) electrons. The van der Waals surface area contributed by atoms with Gasteiger partial charge in [-0.05, 0) is 39.3 Å². The molecule has 0 aliphatic heterocycles. The Balaban J connectivity index is 2.90. The molecule has 100 valence electrons. The number of nitrogens with two attached hydrogens (primary N) is 1. The third kappa shape index (κ3) is 3.47. The van der Waals surface area contributed by atoms with Gasteiger partial charge in [0.25, 0.3) is 0 Å². The highest BCUT2D eigenvalue weighted by atomic mass is 16.5. The van der Waals surface area contributed by atoms with Crippen LogP contribution in [0.25, 0.3) is 0 Å². The lowest BCUT2D eigenvalue weighted by Crippen LogP contribution is -2.31. The van der Waals surface area contributed by atoms with Crippen LogP contribution in [0.15, 0.2) is 18.2 Å². The number of carboxylic acids is 1. The van der Waals surface area contributed by atoms with Gasteiger partial charge in [0, 0.05) is 11.6 Å². The number of carbonyl (C=O) groups is 1. The van der Waals surface area contributed by atoms with Crippen molar-refractivity contribution in [1.29, 1.82) is 0 Å². The highest BCUT2D eigenvalue weighted by Gasteiger charge is 2.28.